The number of aromatic nitrogens is 2. The molecule has 20 heavy (non-hydrogen) atoms. The van der Waals surface area contributed by atoms with E-state index in [9.17, 15) is 4.79 Å². The number of rotatable bonds is 3. The first kappa shape index (κ1) is 15.0. The van der Waals surface area contributed by atoms with Crippen molar-refractivity contribution in [2.75, 3.05) is 0 Å². The van der Waals surface area contributed by atoms with Crippen LogP contribution in [0.1, 0.15) is 50.8 Å². The van der Waals surface area contributed by atoms with E-state index in [1.807, 2.05) is 13.0 Å². The Labute approximate surface area is 120 Å². The first-order valence-electron chi connectivity index (χ1n) is 7.21. The SMILES string of the molecule is CCc1cc(C(=O)NC2C(C)(C)C(N)C2(C)C)n(C)n1. The van der Waals surface area contributed by atoms with Crippen LogP contribution >= 0.6 is 0 Å². The van der Waals surface area contributed by atoms with E-state index in [2.05, 4.69) is 38.1 Å². The van der Waals surface area contributed by atoms with Crippen molar-refractivity contribution >= 4 is 5.91 Å². The minimum atomic E-state index is -0.0919. The van der Waals surface area contributed by atoms with Gasteiger partial charge in [0.25, 0.3) is 5.91 Å². The molecule has 1 aliphatic rings. The predicted octanol–water partition coefficient (Wildman–Crippen LogP) is 1.47. The molecule has 0 saturated heterocycles. The molecule has 1 aliphatic carbocycles. The van der Waals surface area contributed by atoms with Crippen molar-refractivity contribution in [3.63, 3.8) is 0 Å². The lowest BCUT2D eigenvalue weighted by Gasteiger charge is -2.62. The maximum absolute atomic E-state index is 12.5. The van der Waals surface area contributed by atoms with Crippen LogP contribution in [-0.4, -0.2) is 27.8 Å². The highest BCUT2D eigenvalue weighted by Crippen LogP contribution is 2.52. The highest BCUT2D eigenvalue weighted by atomic mass is 16.2. The van der Waals surface area contributed by atoms with Crippen molar-refractivity contribution in [3.05, 3.63) is 17.5 Å². The molecule has 2 rings (SSSR count). The topological polar surface area (TPSA) is 72.9 Å². The third-order valence-corrected chi connectivity index (χ3v) is 4.89. The van der Waals surface area contributed by atoms with Crippen LogP contribution in [0.25, 0.3) is 0 Å². The second-order valence-electron chi connectivity index (χ2n) is 7.02. The maximum Gasteiger partial charge on any atom is 0.269 e. The first-order chi connectivity index (χ1) is 9.12. The van der Waals surface area contributed by atoms with Crippen LogP contribution < -0.4 is 11.1 Å². The zero-order valence-corrected chi connectivity index (χ0v) is 13.3. The molecule has 5 heteroatoms. The van der Waals surface area contributed by atoms with Crippen molar-refractivity contribution in [1.29, 1.82) is 0 Å². The lowest BCUT2D eigenvalue weighted by atomic mass is 9.48. The largest absolute Gasteiger partial charge is 0.347 e. The van der Waals surface area contributed by atoms with Gasteiger partial charge in [0, 0.05) is 30.0 Å². The number of carbonyl (C=O) groups is 1. The Hall–Kier alpha value is -1.36. The number of nitrogens with one attached hydrogen (secondary N) is 1. The van der Waals surface area contributed by atoms with Gasteiger partial charge >= 0.3 is 0 Å². The molecular formula is C15H26N4O. The minimum Gasteiger partial charge on any atom is -0.347 e. The normalized spacial score (nSPS) is 26.9. The molecule has 1 heterocycles. The third-order valence-electron chi connectivity index (χ3n) is 4.89. The Morgan fingerprint density at radius 1 is 1.40 bits per heavy atom. The summed E-state index contributed by atoms with van der Waals surface area (Å²) < 4.78 is 1.65. The molecule has 1 aromatic rings. The number of nitrogens with zero attached hydrogens (tertiary/aromatic N) is 2. The first-order valence-corrected chi connectivity index (χ1v) is 7.21. The molecule has 5 nitrogen and oxygen atoms in total. The number of amides is 1. The third kappa shape index (κ3) is 2.04. The molecule has 0 bridgehead atoms. The van der Waals surface area contributed by atoms with Gasteiger partial charge < -0.3 is 11.1 Å². The molecule has 1 amide bonds. The van der Waals surface area contributed by atoms with Crippen LogP contribution in [0.15, 0.2) is 6.07 Å². The van der Waals surface area contributed by atoms with Gasteiger partial charge in [0.1, 0.15) is 5.69 Å². The summed E-state index contributed by atoms with van der Waals surface area (Å²) in [5, 5.41) is 7.46. The van der Waals surface area contributed by atoms with E-state index in [0.717, 1.165) is 12.1 Å². The van der Waals surface area contributed by atoms with Crippen molar-refractivity contribution in [1.82, 2.24) is 15.1 Å². The standard InChI is InChI=1S/C15H26N4O/c1-7-9-8-10(19(6)18-9)11(20)17-13-14(2,3)12(16)15(13,4)5/h8,12-13H,7,16H2,1-6H3,(H,17,20). The fraction of sp³-hybridized carbons (Fsp3) is 0.733. The quantitative estimate of drug-likeness (QED) is 0.879. The molecular weight excluding hydrogens is 252 g/mol. The average molecular weight is 278 g/mol. The van der Waals surface area contributed by atoms with Crippen molar-refractivity contribution in [2.45, 2.75) is 53.1 Å². The van der Waals surface area contributed by atoms with E-state index in [0.29, 0.717) is 5.69 Å². The Bertz CT molecular complexity index is 514. The molecule has 0 atom stereocenters. The number of hydrogen-bond acceptors (Lipinski definition) is 3. The van der Waals surface area contributed by atoms with E-state index >= 15 is 0 Å². The Morgan fingerprint density at radius 2 is 1.95 bits per heavy atom. The molecule has 0 spiro atoms. The van der Waals surface area contributed by atoms with Crippen molar-refractivity contribution in [2.24, 2.45) is 23.6 Å². The van der Waals surface area contributed by atoms with E-state index in [-0.39, 0.29) is 28.8 Å². The van der Waals surface area contributed by atoms with Crippen LogP contribution in [0.5, 0.6) is 0 Å². The zero-order valence-electron chi connectivity index (χ0n) is 13.3. The van der Waals surface area contributed by atoms with Crippen LogP contribution in [-0.2, 0) is 13.5 Å². The van der Waals surface area contributed by atoms with Gasteiger partial charge in [-0.3, -0.25) is 9.48 Å². The van der Waals surface area contributed by atoms with Gasteiger partial charge in [0.15, 0.2) is 0 Å². The smallest absolute Gasteiger partial charge is 0.269 e. The summed E-state index contributed by atoms with van der Waals surface area (Å²) in [7, 11) is 1.80. The fourth-order valence-electron chi connectivity index (χ4n) is 3.67. The molecule has 1 fully saturated rings. The highest BCUT2D eigenvalue weighted by molar-refractivity contribution is 5.93. The van der Waals surface area contributed by atoms with Gasteiger partial charge in [-0.2, -0.15) is 5.10 Å². The second kappa shape index (κ2) is 4.58. The van der Waals surface area contributed by atoms with E-state index < -0.39 is 0 Å². The Kier molecular flexibility index (Phi) is 3.45. The fourth-order valence-corrected chi connectivity index (χ4v) is 3.67. The van der Waals surface area contributed by atoms with Gasteiger partial charge in [-0.25, -0.2) is 0 Å². The minimum absolute atomic E-state index is 0.0671. The van der Waals surface area contributed by atoms with Crippen molar-refractivity contribution < 1.29 is 4.79 Å². The summed E-state index contributed by atoms with van der Waals surface area (Å²) in [5.74, 6) is -0.0715. The summed E-state index contributed by atoms with van der Waals surface area (Å²) in [5.41, 5.74) is 7.58. The lowest BCUT2D eigenvalue weighted by Crippen LogP contribution is -2.76. The van der Waals surface area contributed by atoms with Gasteiger partial charge in [0.2, 0.25) is 0 Å². The molecule has 0 aromatic carbocycles. The summed E-state index contributed by atoms with van der Waals surface area (Å²) in [6, 6.07) is 2.00. The highest BCUT2D eigenvalue weighted by Gasteiger charge is 2.60. The Balaban J connectivity index is 2.18. The number of nitrogens with two attached hydrogens (primary N) is 1. The summed E-state index contributed by atoms with van der Waals surface area (Å²) in [6.45, 7) is 10.5. The average Bonchev–Trinajstić information content (AvgIpc) is 2.75. The summed E-state index contributed by atoms with van der Waals surface area (Å²) >= 11 is 0. The number of carbonyl (C=O) groups excluding carboxylic acids is 1. The molecule has 3 N–H and O–H groups in total. The molecule has 0 radical (unpaired) electrons. The van der Waals surface area contributed by atoms with Gasteiger partial charge in [-0.1, -0.05) is 34.6 Å². The van der Waals surface area contributed by atoms with Gasteiger partial charge in [-0.15, -0.1) is 0 Å². The van der Waals surface area contributed by atoms with E-state index in [1.165, 1.54) is 0 Å². The Morgan fingerprint density at radius 3 is 2.40 bits per heavy atom. The molecule has 0 unspecified atom stereocenters. The molecule has 112 valence electrons. The van der Waals surface area contributed by atoms with Crippen LogP contribution in [0.4, 0.5) is 0 Å². The maximum atomic E-state index is 12.5. The predicted molar refractivity (Wildman–Crippen MR) is 79.4 cm³/mol. The summed E-state index contributed by atoms with van der Waals surface area (Å²) in [4.78, 5) is 12.5. The monoisotopic (exact) mass is 278 g/mol. The van der Waals surface area contributed by atoms with E-state index in [1.54, 1.807) is 11.7 Å². The van der Waals surface area contributed by atoms with Gasteiger partial charge in [-0.05, 0) is 12.5 Å². The zero-order chi connectivity index (χ0) is 15.3. The number of aryl methyl sites for hydroxylation is 2. The van der Waals surface area contributed by atoms with Crippen LogP contribution in [0.3, 0.4) is 0 Å². The molecule has 1 aromatic heterocycles. The van der Waals surface area contributed by atoms with Gasteiger partial charge in [0.05, 0.1) is 5.69 Å². The van der Waals surface area contributed by atoms with Crippen LogP contribution in [0, 0.1) is 10.8 Å². The molecule has 1 saturated carbocycles. The molecule has 0 aliphatic heterocycles. The van der Waals surface area contributed by atoms with Crippen LogP contribution in [0.2, 0.25) is 0 Å². The lowest BCUT2D eigenvalue weighted by molar-refractivity contribution is -0.0664. The second-order valence-corrected chi connectivity index (χ2v) is 7.02. The van der Waals surface area contributed by atoms with Crippen molar-refractivity contribution in [3.8, 4) is 0 Å². The summed E-state index contributed by atoms with van der Waals surface area (Å²) in [6.07, 6.45) is 0.826. The number of hydrogen-bond donors (Lipinski definition) is 2. The van der Waals surface area contributed by atoms with E-state index in [4.69, 9.17) is 5.73 Å².